The molecule has 3 N–H and O–H groups in total. The third kappa shape index (κ3) is 3.41. The third-order valence-corrected chi connectivity index (χ3v) is 6.91. The molecule has 0 fully saturated rings. The lowest BCUT2D eigenvalue weighted by Gasteiger charge is -2.12. The molecule has 30 heavy (non-hydrogen) atoms. The number of para-hydroxylation sites is 1. The fraction of sp³-hybridized carbons (Fsp3) is 0.292. The van der Waals surface area contributed by atoms with Crippen LogP contribution in [0.15, 0.2) is 36.4 Å². The summed E-state index contributed by atoms with van der Waals surface area (Å²) < 4.78 is 0. The van der Waals surface area contributed by atoms with Gasteiger partial charge in [-0.05, 0) is 56.4 Å². The molecule has 1 aliphatic rings. The van der Waals surface area contributed by atoms with E-state index in [0.29, 0.717) is 10.6 Å². The highest BCUT2D eigenvalue weighted by atomic mass is 32.1. The van der Waals surface area contributed by atoms with E-state index in [1.807, 2.05) is 37.3 Å². The first-order valence-electron chi connectivity index (χ1n) is 10.5. The number of nitrogens with one attached hydrogen (secondary N) is 1. The number of pyridine rings is 2. The first-order valence-corrected chi connectivity index (χ1v) is 11.3. The van der Waals surface area contributed by atoms with Gasteiger partial charge in [0.25, 0.3) is 5.91 Å². The summed E-state index contributed by atoms with van der Waals surface area (Å²) in [5.41, 5.74) is 11.9. The van der Waals surface area contributed by atoms with Gasteiger partial charge in [0.2, 0.25) is 0 Å². The molecular weight excluding hydrogens is 392 g/mol. The van der Waals surface area contributed by atoms with E-state index in [-0.39, 0.29) is 5.91 Å². The van der Waals surface area contributed by atoms with Crippen molar-refractivity contribution in [2.75, 3.05) is 11.1 Å². The fourth-order valence-corrected chi connectivity index (χ4v) is 5.26. The van der Waals surface area contributed by atoms with Crippen molar-refractivity contribution in [3.8, 4) is 0 Å². The van der Waals surface area contributed by atoms with Crippen LogP contribution in [0.25, 0.3) is 21.1 Å². The van der Waals surface area contributed by atoms with Crippen molar-refractivity contribution in [3.63, 3.8) is 0 Å². The largest absolute Gasteiger partial charge is 0.397 e. The van der Waals surface area contributed by atoms with Crippen LogP contribution in [0.4, 0.5) is 11.4 Å². The first-order chi connectivity index (χ1) is 14.6. The van der Waals surface area contributed by atoms with Crippen molar-refractivity contribution in [2.24, 2.45) is 0 Å². The number of aromatic nitrogens is 2. The zero-order chi connectivity index (χ0) is 20.7. The van der Waals surface area contributed by atoms with Crippen LogP contribution in [-0.2, 0) is 12.8 Å². The minimum Gasteiger partial charge on any atom is -0.397 e. The molecule has 5 rings (SSSR count). The van der Waals surface area contributed by atoms with E-state index in [0.717, 1.165) is 45.3 Å². The number of nitrogens with two attached hydrogens (primary N) is 1. The molecule has 3 heterocycles. The van der Waals surface area contributed by atoms with Crippen molar-refractivity contribution in [1.29, 1.82) is 0 Å². The SMILES string of the molecule is Cc1cc(NC(=O)c2sc3nc4c(cc3c2N)CCCCCC4)c2ccccc2n1. The molecule has 0 radical (unpaired) electrons. The van der Waals surface area contributed by atoms with Gasteiger partial charge in [-0.15, -0.1) is 11.3 Å². The highest BCUT2D eigenvalue weighted by Crippen LogP contribution is 2.36. The van der Waals surface area contributed by atoms with E-state index in [1.165, 1.54) is 48.3 Å². The molecule has 0 saturated heterocycles. The Morgan fingerprint density at radius 1 is 1.03 bits per heavy atom. The van der Waals surface area contributed by atoms with Gasteiger partial charge >= 0.3 is 0 Å². The summed E-state index contributed by atoms with van der Waals surface area (Å²) >= 11 is 1.38. The Labute approximate surface area is 179 Å². The first kappa shape index (κ1) is 19.0. The zero-order valence-corrected chi connectivity index (χ0v) is 17.8. The number of amides is 1. The molecule has 0 spiro atoms. The van der Waals surface area contributed by atoms with Crippen molar-refractivity contribution < 1.29 is 4.79 Å². The molecule has 0 aliphatic heterocycles. The quantitative estimate of drug-likeness (QED) is 0.443. The minimum absolute atomic E-state index is 0.196. The number of rotatable bonds is 2. The van der Waals surface area contributed by atoms with Gasteiger partial charge in [0.1, 0.15) is 9.71 Å². The summed E-state index contributed by atoms with van der Waals surface area (Å²) in [5, 5.41) is 4.87. The number of carbonyl (C=O) groups is 1. The Bertz CT molecular complexity index is 1280. The van der Waals surface area contributed by atoms with E-state index >= 15 is 0 Å². The van der Waals surface area contributed by atoms with Crippen molar-refractivity contribution in [2.45, 2.75) is 45.4 Å². The van der Waals surface area contributed by atoms with Crippen LogP contribution in [0.1, 0.15) is 52.3 Å². The average Bonchev–Trinajstić information content (AvgIpc) is 3.03. The maximum Gasteiger partial charge on any atom is 0.267 e. The summed E-state index contributed by atoms with van der Waals surface area (Å²) in [6, 6.07) is 11.9. The fourth-order valence-electron chi connectivity index (χ4n) is 4.27. The number of hydrogen-bond donors (Lipinski definition) is 2. The summed E-state index contributed by atoms with van der Waals surface area (Å²) in [6.07, 6.45) is 6.94. The van der Waals surface area contributed by atoms with Gasteiger partial charge in [0, 0.05) is 22.2 Å². The van der Waals surface area contributed by atoms with Crippen LogP contribution in [-0.4, -0.2) is 15.9 Å². The molecule has 4 aromatic rings. The summed E-state index contributed by atoms with van der Waals surface area (Å²) in [4.78, 5) is 24.0. The Morgan fingerprint density at radius 3 is 2.70 bits per heavy atom. The average molecular weight is 417 g/mol. The topological polar surface area (TPSA) is 80.9 Å². The van der Waals surface area contributed by atoms with E-state index in [4.69, 9.17) is 10.7 Å². The second-order valence-electron chi connectivity index (χ2n) is 7.99. The summed E-state index contributed by atoms with van der Waals surface area (Å²) in [7, 11) is 0. The third-order valence-electron chi connectivity index (χ3n) is 5.80. The second kappa shape index (κ2) is 7.69. The molecule has 1 aliphatic carbocycles. The van der Waals surface area contributed by atoms with Gasteiger partial charge in [-0.25, -0.2) is 4.98 Å². The van der Waals surface area contributed by atoms with E-state index < -0.39 is 0 Å². The Hall–Kier alpha value is -2.99. The molecule has 1 aromatic carbocycles. The predicted molar refractivity (Wildman–Crippen MR) is 124 cm³/mol. The smallest absolute Gasteiger partial charge is 0.267 e. The number of nitrogens with zero attached hydrogens (tertiary/aromatic N) is 2. The number of hydrogen-bond acceptors (Lipinski definition) is 5. The van der Waals surface area contributed by atoms with Gasteiger partial charge in [0.15, 0.2) is 0 Å². The number of thiophene rings is 1. The molecule has 1 amide bonds. The van der Waals surface area contributed by atoms with E-state index in [1.54, 1.807) is 0 Å². The van der Waals surface area contributed by atoms with E-state index in [9.17, 15) is 4.79 Å². The Balaban J connectivity index is 1.53. The molecule has 5 nitrogen and oxygen atoms in total. The molecule has 0 unspecified atom stereocenters. The standard InChI is InChI=1S/C24H24N4OS/c1-14-12-20(16-9-6-7-11-19(16)26-14)27-23(29)22-21(25)17-13-15-8-4-2-3-5-10-18(15)28-24(17)30-22/h6-7,9,11-13H,2-5,8,10,25H2,1H3,(H,26,27,29). The maximum absolute atomic E-state index is 13.2. The predicted octanol–water partition coefficient (Wildman–Crippen LogP) is 5.65. The summed E-state index contributed by atoms with van der Waals surface area (Å²) in [5.74, 6) is -0.196. The molecule has 0 bridgehead atoms. The second-order valence-corrected chi connectivity index (χ2v) is 8.99. The number of anilines is 2. The van der Waals surface area contributed by atoms with Gasteiger partial charge in [-0.3, -0.25) is 9.78 Å². The molecule has 3 aromatic heterocycles. The van der Waals surface area contributed by atoms with Gasteiger partial charge in [0.05, 0.1) is 16.9 Å². The van der Waals surface area contributed by atoms with Gasteiger partial charge < -0.3 is 11.1 Å². The lowest BCUT2D eigenvalue weighted by Crippen LogP contribution is -2.12. The van der Waals surface area contributed by atoms with Crippen molar-refractivity contribution in [3.05, 3.63) is 58.2 Å². The lowest BCUT2D eigenvalue weighted by molar-refractivity contribution is 0.103. The van der Waals surface area contributed by atoms with Crippen molar-refractivity contribution >= 4 is 49.7 Å². The highest BCUT2D eigenvalue weighted by Gasteiger charge is 2.20. The zero-order valence-electron chi connectivity index (χ0n) is 17.0. The molecule has 0 saturated carbocycles. The number of nitrogen functional groups attached to an aromatic ring is 1. The molecular formula is C24H24N4OS. The minimum atomic E-state index is -0.196. The van der Waals surface area contributed by atoms with Crippen LogP contribution < -0.4 is 11.1 Å². The maximum atomic E-state index is 13.2. The van der Waals surface area contributed by atoms with Gasteiger partial charge in [-0.2, -0.15) is 0 Å². The van der Waals surface area contributed by atoms with Crippen LogP contribution in [0.5, 0.6) is 0 Å². The number of aryl methyl sites for hydroxylation is 3. The lowest BCUT2D eigenvalue weighted by atomic mass is 9.96. The van der Waals surface area contributed by atoms with E-state index in [2.05, 4.69) is 16.4 Å². The number of fused-ring (bicyclic) bond motifs is 3. The van der Waals surface area contributed by atoms with Gasteiger partial charge in [-0.1, -0.05) is 31.0 Å². The number of benzene rings is 1. The Kier molecular flexibility index (Phi) is 4.87. The molecule has 152 valence electrons. The van der Waals surface area contributed by atoms with Crippen LogP contribution in [0, 0.1) is 6.92 Å². The monoisotopic (exact) mass is 416 g/mol. The normalized spacial score (nSPS) is 14.3. The van der Waals surface area contributed by atoms with Crippen molar-refractivity contribution in [1.82, 2.24) is 9.97 Å². The van der Waals surface area contributed by atoms with Crippen LogP contribution in [0.2, 0.25) is 0 Å². The highest BCUT2D eigenvalue weighted by molar-refractivity contribution is 7.21. The molecule has 0 atom stereocenters. The summed E-state index contributed by atoms with van der Waals surface area (Å²) in [6.45, 7) is 1.93. The van der Waals surface area contributed by atoms with Crippen LogP contribution in [0.3, 0.4) is 0 Å². The number of carbonyl (C=O) groups excluding carboxylic acids is 1. The molecule has 6 heteroatoms. The van der Waals surface area contributed by atoms with Crippen LogP contribution >= 0.6 is 11.3 Å². The Morgan fingerprint density at radius 2 is 1.83 bits per heavy atom.